The molecule has 1 rings (SSSR count). The maximum absolute atomic E-state index is 10.8. The third-order valence-corrected chi connectivity index (χ3v) is 3.03. The molecule has 0 N–H and O–H groups in total. The molecule has 8 nitrogen and oxygen atoms in total. The largest absolute Gasteiger partial charge is 1.00 e. The van der Waals surface area contributed by atoms with E-state index in [0.717, 1.165) is 0 Å². The van der Waals surface area contributed by atoms with E-state index in [9.17, 15) is 39.6 Å². The number of carbonyl (C=O) groups is 4. The number of carboxylic acids is 4. The maximum atomic E-state index is 10.8. The zero-order valence-electron chi connectivity index (χ0n) is 12.3. The van der Waals surface area contributed by atoms with Gasteiger partial charge in [-0.15, -0.1) is 0 Å². The summed E-state index contributed by atoms with van der Waals surface area (Å²) in [7, 11) is 0. The van der Waals surface area contributed by atoms with E-state index in [2.05, 4.69) is 0 Å². The van der Waals surface area contributed by atoms with Crippen molar-refractivity contribution in [2.75, 3.05) is 0 Å². The van der Waals surface area contributed by atoms with Crippen molar-refractivity contribution in [3.05, 3.63) is 0 Å². The molecule has 1 aliphatic rings. The summed E-state index contributed by atoms with van der Waals surface area (Å²) in [6.07, 6.45) is -1.65. The quantitative estimate of drug-likeness (QED) is 0.362. The van der Waals surface area contributed by atoms with Gasteiger partial charge in [0.1, 0.15) is 0 Å². The maximum Gasteiger partial charge on any atom is 1.00 e. The minimum atomic E-state index is -2.89. The van der Waals surface area contributed by atoms with Gasteiger partial charge in [-0.2, -0.15) is 0 Å². The van der Waals surface area contributed by atoms with Crippen molar-refractivity contribution in [2.45, 2.75) is 12.8 Å². The van der Waals surface area contributed by atoms with Crippen LogP contribution in [0, 0.1) is 17.3 Å². The summed E-state index contributed by atoms with van der Waals surface area (Å²) >= 11 is 0. The first-order valence-electron chi connectivity index (χ1n) is 4.58. The standard InChI is InChI=1S/C9H10O8.4Na/c10-5(11)3-1-4(6(12)13)9(2-3,7(14)15)8(16)17;;;;/h3-4H,1-2H2,(H,10,11)(H,12,13)(H,14,15)(H,16,17);;;;/q;4*+1/p-4. The van der Waals surface area contributed by atoms with Gasteiger partial charge in [0.25, 0.3) is 0 Å². The van der Waals surface area contributed by atoms with E-state index in [4.69, 9.17) is 0 Å². The molecule has 0 spiro atoms. The van der Waals surface area contributed by atoms with Gasteiger partial charge in [-0.05, 0) is 12.8 Å². The van der Waals surface area contributed by atoms with E-state index in [0.29, 0.717) is 0 Å². The molecule has 0 amide bonds. The van der Waals surface area contributed by atoms with Gasteiger partial charge >= 0.3 is 118 Å². The molecule has 0 aromatic rings. The molecule has 12 heteroatoms. The molecule has 2 atom stereocenters. The summed E-state index contributed by atoms with van der Waals surface area (Å²) in [5.74, 6) is -11.6. The predicted molar refractivity (Wildman–Crippen MR) is 38.7 cm³/mol. The van der Waals surface area contributed by atoms with E-state index >= 15 is 0 Å². The van der Waals surface area contributed by atoms with Crippen molar-refractivity contribution in [1.82, 2.24) is 0 Å². The van der Waals surface area contributed by atoms with E-state index in [1.165, 1.54) is 0 Å². The van der Waals surface area contributed by atoms with E-state index in [1.807, 2.05) is 0 Å². The molecule has 2 unspecified atom stereocenters. The monoisotopic (exact) mass is 334 g/mol. The fourth-order valence-electron chi connectivity index (χ4n) is 2.11. The molecular weight excluding hydrogens is 328 g/mol. The molecule has 0 aromatic heterocycles. The average molecular weight is 334 g/mol. The first kappa shape index (κ1) is 30.7. The molecule has 0 bridgehead atoms. The van der Waals surface area contributed by atoms with E-state index in [-0.39, 0.29) is 118 Å². The Hall–Kier alpha value is 1.88. The molecule has 0 saturated heterocycles. The second-order valence-corrected chi connectivity index (χ2v) is 3.87. The van der Waals surface area contributed by atoms with Crippen LogP contribution in [0.15, 0.2) is 0 Å². The van der Waals surface area contributed by atoms with Crippen LogP contribution in [-0.2, 0) is 19.2 Å². The van der Waals surface area contributed by atoms with Crippen molar-refractivity contribution in [3.63, 3.8) is 0 Å². The van der Waals surface area contributed by atoms with Crippen LogP contribution in [0.3, 0.4) is 0 Å². The Morgan fingerprint density at radius 3 is 1.33 bits per heavy atom. The number of carbonyl (C=O) groups excluding carboxylic acids is 4. The van der Waals surface area contributed by atoms with Crippen molar-refractivity contribution < 1.29 is 158 Å². The Kier molecular flexibility index (Phi) is 18.0. The van der Waals surface area contributed by atoms with Crippen LogP contribution in [0.4, 0.5) is 0 Å². The summed E-state index contributed by atoms with van der Waals surface area (Å²) < 4.78 is 0. The predicted octanol–water partition coefficient (Wildman–Crippen LogP) is -18.0. The van der Waals surface area contributed by atoms with Crippen molar-refractivity contribution in [2.24, 2.45) is 17.3 Å². The van der Waals surface area contributed by atoms with Gasteiger partial charge in [0.15, 0.2) is 0 Å². The second kappa shape index (κ2) is 12.3. The van der Waals surface area contributed by atoms with Crippen LogP contribution < -0.4 is 139 Å². The molecule has 0 aliphatic heterocycles. The molecule has 0 aromatic carbocycles. The van der Waals surface area contributed by atoms with Crippen LogP contribution in [0.2, 0.25) is 0 Å². The Bertz CT molecular complexity index is 399. The SMILES string of the molecule is O=C([O-])C1CC(C(=O)[O-])C(C(=O)[O-])(C(=O)[O-])C1.[Na+].[Na+].[Na+].[Na+]. The molecule has 1 aliphatic carbocycles. The molecule has 0 radical (unpaired) electrons. The van der Waals surface area contributed by atoms with Gasteiger partial charge in [0, 0.05) is 23.8 Å². The summed E-state index contributed by atoms with van der Waals surface area (Å²) in [6, 6.07) is 0. The number of hydrogen-bond donors (Lipinski definition) is 0. The van der Waals surface area contributed by atoms with Crippen molar-refractivity contribution >= 4 is 23.9 Å². The minimum Gasteiger partial charge on any atom is -0.550 e. The van der Waals surface area contributed by atoms with Crippen LogP contribution in [0.25, 0.3) is 0 Å². The molecule has 0 heterocycles. The number of aliphatic carboxylic acids is 4. The molecule has 94 valence electrons. The van der Waals surface area contributed by atoms with Gasteiger partial charge in [0.05, 0.1) is 17.4 Å². The first-order chi connectivity index (χ1) is 7.73. The van der Waals surface area contributed by atoms with Gasteiger partial charge < -0.3 is 39.6 Å². The minimum absolute atomic E-state index is 0. The molecule has 1 fully saturated rings. The van der Waals surface area contributed by atoms with Crippen LogP contribution in [-0.4, -0.2) is 23.9 Å². The van der Waals surface area contributed by atoms with Gasteiger partial charge in [0.2, 0.25) is 0 Å². The van der Waals surface area contributed by atoms with Gasteiger partial charge in [-0.1, -0.05) is 0 Å². The fraction of sp³-hybridized carbons (Fsp3) is 0.556. The average Bonchev–Trinajstić information content (AvgIpc) is 2.58. The molecular formula is C9H6Na4O8. The Balaban J connectivity index is -0.000000361. The third kappa shape index (κ3) is 6.36. The number of rotatable bonds is 4. The van der Waals surface area contributed by atoms with Gasteiger partial charge in [-0.25, -0.2) is 0 Å². The van der Waals surface area contributed by atoms with E-state index in [1.54, 1.807) is 0 Å². The summed E-state index contributed by atoms with van der Waals surface area (Å²) in [5.41, 5.74) is -2.89. The first-order valence-corrected chi connectivity index (χ1v) is 4.58. The number of hydrogen-bond acceptors (Lipinski definition) is 8. The third-order valence-electron chi connectivity index (χ3n) is 3.03. The Labute approximate surface area is 208 Å². The van der Waals surface area contributed by atoms with Crippen LogP contribution >= 0.6 is 0 Å². The number of carboxylic acid groups (broad SMARTS) is 4. The van der Waals surface area contributed by atoms with Gasteiger partial charge in [-0.3, -0.25) is 0 Å². The van der Waals surface area contributed by atoms with E-state index < -0.39 is 54.0 Å². The zero-order valence-corrected chi connectivity index (χ0v) is 20.3. The Morgan fingerprint density at radius 1 is 0.762 bits per heavy atom. The zero-order chi connectivity index (χ0) is 13.4. The summed E-state index contributed by atoms with van der Waals surface area (Å²) in [5, 5.41) is 42.9. The normalized spacial score (nSPS) is 21.3. The second-order valence-electron chi connectivity index (χ2n) is 3.87. The van der Waals surface area contributed by atoms with Crippen LogP contribution in [0.1, 0.15) is 12.8 Å². The molecule has 21 heavy (non-hydrogen) atoms. The van der Waals surface area contributed by atoms with Crippen molar-refractivity contribution in [1.29, 1.82) is 0 Å². The topological polar surface area (TPSA) is 161 Å². The summed E-state index contributed by atoms with van der Waals surface area (Å²) in [4.78, 5) is 42.9. The Morgan fingerprint density at radius 2 is 1.14 bits per heavy atom. The fourth-order valence-corrected chi connectivity index (χ4v) is 2.11. The smallest absolute Gasteiger partial charge is 0.550 e. The molecule has 1 saturated carbocycles. The van der Waals surface area contributed by atoms with Crippen LogP contribution in [0.5, 0.6) is 0 Å². The summed E-state index contributed by atoms with van der Waals surface area (Å²) in [6.45, 7) is 0. The van der Waals surface area contributed by atoms with Crippen molar-refractivity contribution in [3.8, 4) is 0 Å².